The van der Waals surface area contributed by atoms with Crippen molar-refractivity contribution in [2.75, 3.05) is 20.1 Å². The molecule has 0 N–H and O–H groups in total. The number of amides is 1. The minimum absolute atomic E-state index is 0.169. The van der Waals surface area contributed by atoms with E-state index >= 15 is 0 Å². The lowest BCUT2D eigenvalue weighted by molar-refractivity contribution is -0.0591. The number of nitrogens with zero attached hydrogens (tertiary/aromatic N) is 3. The van der Waals surface area contributed by atoms with Gasteiger partial charge in [-0.05, 0) is 62.4 Å². The first-order valence-electron chi connectivity index (χ1n) is 9.22. The molecule has 1 spiro atoms. The van der Waals surface area contributed by atoms with Crippen molar-refractivity contribution in [1.82, 2.24) is 14.4 Å². The molecule has 1 unspecified atom stereocenters. The van der Waals surface area contributed by atoms with Crippen LogP contribution in [0.15, 0.2) is 41.1 Å². The number of likely N-dealkylation sites (tertiary alicyclic amines) is 1. The van der Waals surface area contributed by atoms with E-state index in [9.17, 15) is 4.79 Å². The molecule has 25 heavy (non-hydrogen) atoms. The molecule has 0 bridgehead atoms. The molecule has 1 aliphatic heterocycles. The smallest absolute Gasteiger partial charge is 0.270 e. The van der Waals surface area contributed by atoms with Gasteiger partial charge in [-0.25, -0.2) is 0 Å². The van der Waals surface area contributed by atoms with Crippen LogP contribution in [0.5, 0.6) is 0 Å². The molecule has 1 saturated carbocycles. The van der Waals surface area contributed by atoms with Gasteiger partial charge in [-0.3, -0.25) is 9.69 Å². The van der Waals surface area contributed by atoms with E-state index in [0.717, 1.165) is 43.9 Å². The first kappa shape index (κ1) is 16.5. The van der Waals surface area contributed by atoms with Crippen LogP contribution < -0.4 is 0 Å². The summed E-state index contributed by atoms with van der Waals surface area (Å²) in [4.78, 5) is 17.2. The van der Waals surface area contributed by atoms with E-state index in [0.29, 0.717) is 11.5 Å². The van der Waals surface area contributed by atoms with Gasteiger partial charge in [-0.1, -0.05) is 0 Å². The third-order valence-corrected chi connectivity index (χ3v) is 6.35. The Kier molecular flexibility index (Phi) is 4.20. The number of aryl methyl sites for hydroxylation is 1. The van der Waals surface area contributed by atoms with Crippen molar-refractivity contribution >= 4 is 5.91 Å². The average molecular weight is 341 g/mol. The van der Waals surface area contributed by atoms with Gasteiger partial charge in [0.1, 0.15) is 11.5 Å². The highest BCUT2D eigenvalue weighted by atomic mass is 16.3. The van der Waals surface area contributed by atoms with Crippen LogP contribution in [-0.2, 0) is 13.6 Å². The minimum Gasteiger partial charge on any atom is -0.468 e. The van der Waals surface area contributed by atoms with E-state index in [4.69, 9.17) is 4.42 Å². The molecule has 2 aliphatic rings. The molecule has 0 radical (unpaired) electrons. The summed E-state index contributed by atoms with van der Waals surface area (Å²) in [5, 5.41) is 0. The molecule has 5 heteroatoms. The van der Waals surface area contributed by atoms with E-state index in [1.807, 2.05) is 47.0 Å². The molecule has 134 valence electrons. The Bertz CT molecular complexity index is 726. The fourth-order valence-electron chi connectivity index (χ4n) is 4.71. The van der Waals surface area contributed by atoms with Gasteiger partial charge in [-0.2, -0.15) is 0 Å². The summed E-state index contributed by atoms with van der Waals surface area (Å²) in [6.07, 6.45) is 8.43. The fraction of sp³-hybridized carbons (Fsp3) is 0.550. The largest absolute Gasteiger partial charge is 0.468 e. The maximum atomic E-state index is 12.7. The lowest BCUT2D eigenvalue weighted by Crippen LogP contribution is -2.58. The molecule has 3 heterocycles. The van der Waals surface area contributed by atoms with Crippen molar-refractivity contribution < 1.29 is 9.21 Å². The van der Waals surface area contributed by atoms with E-state index < -0.39 is 0 Å². The molecule has 5 nitrogen and oxygen atoms in total. The van der Waals surface area contributed by atoms with E-state index in [-0.39, 0.29) is 5.91 Å². The third kappa shape index (κ3) is 2.91. The molecule has 0 aromatic carbocycles. The zero-order chi connectivity index (χ0) is 17.4. The number of rotatable bonds is 4. The van der Waals surface area contributed by atoms with Crippen LogP contribution in [0.1, 0.15) is 41.9 Å². The van der Waals surface area contributed by atoms with Crippen LogP contribution in [0.4, 0.5) is 0 Å². The Balaban J connectivity index is 1.37. The monoisotopic (exact) mass is 341 g/mol. The number of hydrogen-bond donors (Lipinski definition) is 0. The number of aromatic nitrogens is 1. The van der Waals surface area contributed by atoms with Crippen LogP contribution >= 0.6 is 0 Å². The third-order valence-electron chi connectivity index (χ3n) is 6.35. The van der Waals surface area contributed by atoms with Crippen LogP contribution in [0, 0.1) is 5.41 Å². The second-order valence-corrected chi connectivity index (χ2v) is 7.71. The topological polar surface area (TPSA) is 41.6 Å². The molecule has 4 rings (SSSR count). The minimum atomic E-state index is 0.169. The molecular weight excluding hydrogens is 314 g/mol. The Hall–Kier alpha value is -2.01. The van der Waals surface area contributed by atoms with E-state index in [1.54, 1.807) is 6.26 Å². The number of piperidine rings is 1. The van der Waals surface area contributed by atoms with Gasteiger partial charge in [0, 0.05) is 32.4 Å². The number of carbonyl (C=O) groups excluding carboxylic acids is 1. The zero-order valence-corrected chi connectivity index (χ0v) is 15.1. The Morgan fingerprint density at radius 1 is 1.28 bits per heavy atom. The van der Waals surface area contributed by atoms with Crippen LogP contribution in [0.2, 0.25) is 0 Å². The Morgan fingerprint density at radius 3 is 2.64 bits per heavy atom. The van der Waals surface area contributed by atoms with Crippen LogP contribution in [-0.4, -0.2) is 46.5 Å². The van der Waals surface area contributed by atoms with Crippen molar-refractivity contribution in [2.45, 2.75) is 38.3 Å². The number of furan rings is 1. The van der Waals surface area contributed by atoms with Crippen molar-refractivity contribution in [2.24, 2.45) is 12.5 Å². The van der Waals surface area contributed by atoms with Crippen molar-refractivity contribution in [3.63, 3.8) is 0 Å². The van der Waals surface area contributed by atoms with Gasteiger partial charge in [0.05, 0.1) is 12.8 Å². The molecule has 1 aliphatic carbocycles. The molecule has 1 atom stereocenters. The van der Waals surface area contributed by atoms with Gasteiger partial charge in [0.2, 0.25) is 0 Å². The van der Waals surface area contributed by atoms with Crippen LogP contribution in [0.25, 0.3) is 0 Å². The highest BCUT2D eigenvalue weighted by molar-refractivity contribution is 5.92. The zero-order valence-electron chi connectivity index (χ0n) is 15.1. The molecule has 2 aromatic rings. The first-order valence-corrected chi connectivity index (χ1v) is 9.22. The fourth-order valence-corrected chi connectivity index (χ4v) is 4.71. The van der Waals surface area contributed by atoms with Gasteiger partial charge in [0.15, 0.2) is 0 Å². The van der Waals surface area contributed by atoms with Gasteiger partial charge in [0.25, 0.3) is 5.91 Å². The van der Waals surface area contributed by atoms with Crippen molar-refractivity contribution in [3.05, 3.63) is 48.2 Å². The molecule has 1 amide bonds. The summed E-state index contributed by atoms with van der Waals surface area (Å²) in [7, 11) is 4.14. The van der Waals surface area contributed by atoms with E-state index in [2.05, 4.69) is 11.9 Å². The van der Waals surface area contributed by atoms with Gasteiger partial charge in [-0.15, -0.1) is 0 Å². The summed E-state index contributed by atoms with van der Waals surface area (Å²) in [5.41, 5.74) is 1.17. The van der Waals surface area contributed by atoms with Gasteiger partial charge < -0.3 is 13.9 Å². The Morgan fingerprint density at radius 2 is 2.08 bits per heavy atom. The highest BCUT2D eigenvalue weighted by Gasteiger charge is 2.50. The number of hydrogen-bond acceptors (Lipinski definition) is 3. The van der Waals surface area contributed by atoms with Gasteiger partial charge >= 0.3 is 0 Å². The highest BCUT2D eigenvalue weighted by Crippen LogP contribution is 2.51. The summed E-state index contributed by atoms with van der Waals surface area (Å²) in [6.45, 7) is 2.61. The van der Waals surface area contributed by atoms with Crippen molar-refractivity contribution in [3.8, 4) is 0 Å². The Labute approximate surface area is 149 Å². The standard InChI is InChI=1S/C20H27N3O2/c1-21-11-3-6-17(21)19(24)23-12-9-20(10-13-23)8-7-18(20)22(2)15-16-5-4-14-25-16/h3-6,11,14,18H,7-10,12-13,15H2,1-2H3. The van der Waals surface area contributed by atoms with E-state index in [1.165, 1.54) is 12.8 Å². The second kappa shape index (κ2) is 6.37. The average Bonchev–Trinajstić information content (AvgIpc) is 3.25. The second-order valence-electron chi connectivity index (χ2n) is 7.71. The molecule has 1 saturated heterocycles. The molecular formula is C20H27N3O2. The molecule has 2 aromatic heterocycles. The first-order chi connectivity index (χ1) is 12.1. The normalized spacial score (nSPS) is 22.4. The van der Waals surface area contributed by atoms with Crippen molar-refractivity contribution in [1.29, 1.82) is 0 Å². The predicted octanol–water partition coefficient (Wildman–Crippen LogP) is 3.13. The maximum Gasteiger partial charge on any atom is 0.270 e. The maximum absolute atomic E-state index is 12.7. The van der Waals surface area contributed by atoms with Crippen LogP contribution in [0.3, 0.4) is 0 Å². The lowest BCUT2D eigenvalue weighted by Gasteiger charge is -2.56. The summed E-state index contributed by atoms with van der Waals surface area (Å²) >= 11 is 0. The lowest BCUT2D eigenvalue weighted by atomic mass is 9.58. The summed E-state index contributed by atoms with van der Waals surface area (Å²) < 4.78 is 7.42. The molecule has 2 fully saturated rings. The predicted molar refractivity (Wildman–Crippen MR) is 96.2 cm³/mol. The quantitative estimate of drug-likeness (QED) is 0.858. The summed E-state index contributed by atoms with van der Waals surface area (Å²) in [5.74, 6) is 1.20. The SMILES string of the molecule is CN(Cc1ccco1)C1CCC12CCN(C(=O)c1cccn1C)CC2. The summed E-state index contributed by atoms with van der Waals surface area (Å²) in [6, 6.07) is 8.45. The number of carbonyl (C=O) groups is 1.